The van der Waals surface area contributed by atoms with E-state index in [2.05, 4.69) is 125 Å². The molecule has 0 aliphatic heterocycles. The van der Waals surface area contributed by atoms with Crippen LogP contribution in [-0.2, 0) is 17.4 Å². The first kappa shape index (κ1) is 71.1. The van der Waals surface area contributed by atoms with Crippen molar-refractivity contribution < 1.29 is 17.4 Å². The van der Waals surface area contributed by atoms with E-state index in [0.29, 0.717) is 32.5 Å². The Bertz CT molecular complexity index is 637. The van der Waals surface area contributed by atoms with E-state index in [1.54, 1.807) is 0 Å². The van der Waals surface area contributed by atoms with Crippen molar-refractivity contribution in [3.63, 3.8) is 0 Å². The zero-order valence-corrected chi connectivity index (χ0v) is 49.4. The first-order chi connectivity index (χ1) is 30.2. The van der Waals surface area contributed by atoms with E-state index in [9.17, 15) is 0 Å². The van der Waals surface area contributed by atoms with E-state index in [4.69, 9.17) is 0 Å². The van der Waals surface area contributed by atoms with E-state index < -0.39 is 0 Å². The molecule has 0 rings (SSSR count). The van der Waals surface area contributed by atoms with Gasteiger partial charge >= 0.3 is 17.4 Å². The van der Waals surface area contributed by atoms with Gasteiger partial charge in [-0.15, -0.1) is 0 Å². The molecule has 0 aliphatic rings. The van der Waals surface area contributed by atoms with Gasteiger partial charge < -0.3 is 20.8 Å². The zero-order chi connectivity index (χ0) is 48.6. The van der Waals surface area contributed by atoms with E-state index in [1.807, 2.05) is 0 Å². The van der Waals surface area contributed by atoms with Crippen LogP contribution >= 0.6 is 0 Å². The van der Waals surface area contributed by atoms with Gasteiger partial charge in [0.25, 0.3) is 0 Å². The van der Waals surface area contributed by atoms with Crippen LogP contribution in [0.5, 0.6) is 0 Å². The van der Waals surface area contributed by atoms with Crippen LogP contribution in [0.4, 0.5) is 0 Å². The summed E-state index contributed by atoms with van der Waals surface area (Å²) in [5, 5.41) is 0. The maximum Gasteiger partial charge on any atom is 3.00 e. The third-order valence-corrected chi connectivity index (χ3v) is 16.1. The molecule has 64 heavy (non-hydrogen) atoms. The van der Waals surface area contributed by atoms with Crippen LogP contribution in [0, 0.1) is 53.3 Å². The molecule has 1 radical (unpaired) electrons. The van der Waals surface area contributed by atoms with Gasteiger partial charge in [-0.25, -0.2) is 0 Å². The molecule has 0 aliphatic carbocycles. The summed E-state index contributed by atoms with van der Waals surface area (Å²) in [6.45, 7) is 48.2. The maximum absolute atomic E-state index is 4.20. The summed E-state index contributed by atoms with van der Waals surface area (Å²) in [6.07, 6.45) is 53.2. The Kier molecular flexibility index (Phi) is 48.4. The molecule has 0 unspecified atom stereocenters. The molecular formula is C63H129Cr. The van der Waals surface area contributed by atoms with Crippen molar-refractivity contribution in [3.05, 3.63) is 20.8 Å². The van der Waals surface area contributed by atoms with Crippen molar-refractivity contribution in [1.29, 1.82) is 0 Å². The predicted molar refractivity (Wildman–Crippen MR) is 296 cm³/mol. The Labute approximate surface area is 422 Å². The van der Waals surface area contributed by atoms with Gasteiger partial charge in [-0.3, -0.25) is 0 Å². The molecule has 0 nitrogen and oxygen atoms in total. The first-order valence-corrected chi connectivity index (χ1v) is 29.6. The average molecular weight is 939 g/mol. The van der Waals surface area contributed by atoms with E-state index in [0.717, 1.165) is 19.3 Å². The fourth-order valence-electron chi connectivity index (χ4n) is 15.3. The van der Waals surface area contributed by atoms with Gasteiger partial charge in [0.05, 0.1) is 0 Å². The molecule has 0 spiro atoms. The molecule has 1 heteroatoms. The second-order valence-electron chi connectivity index (χ2n) is 22.6. The van der Waals surface area contributed by atoms with Gasteiger partial charge in [0.1, 0.15) is 0 Å². The quantitative estimate of drug-likeness (QED) is 0.0535. The van der Waals surface area contributed by atoms with E-state index in [-0.39, 0.29) is 17.4 Å². The van der Waals surface area contributed by atoms with E-state index in [1.165, 1.54) is 231 Å². The fourth-order valence-corrected chi connectivity index (χ4v) is 15.3. The Hall–Kier alpha value is 0.532. The molecule has 0 N–H and O–H groups in total. The van der Waals surface area contributed by atoms with Crippen molar-refractivity contribution in [2.24, 2.45) is 32.5 Å². The SMILES string of the molecule is [CH2-]CCC(CCC)(CCC)CC(CCC)(CCC)CCC.[CH2-]CCC(CCC)(CCC)CC(CCC)(CCC)CCC.[CH2-]CCC(CCC)(CCC)CC(CCC)(CCC)CCC.[Cr+3]. The normalized spacial score (nSPS) is 12.7. The van der Waals surface area contributed by atoms with Crippen LogP contribution < -0.4 is 0 Å². The molecular weight excluding hydrogens is 809 g/mol. The third-order valence-electron chi connectivity index (χ3n) is 16.1. The first-order valence-electron chi connectivity index (χ1n) is 29.6. The molecule has 0 aromatic rings. The van der Waals surface area contributed by atoms with Gasteiger partial charge in [0.2, 0.25) is 0 Å². The Morgan fingerprint density at radius 3 is 0.359 bits per heavy atom. The molecule has 0 bridgehead atoms. The predicted octanol–water partition coefficient (Wildman–Crippen LogP) is 23.9. The summed E-state index contributed by atoms with van der Waals surface area (Å²) < 4.78 is 0. The summed E-state index contributed by atoms with van der Waals surface area (Å²) in [6, 6.07) is 0. The molecule has 0 fully saturated rings. The minimum absolute atomic E-state index is 0. The summed E-state index contributed by atoms with van der Waals surface area (Å²) in [5.41, 5.74) is 3.55. The number of rotatable bonds is 42. The molecule has 0 aromatic carbocycles. The molecule has 0 saturated carbocycles. The van der Waals surface area contributed by atoms with Crippen molar-refractivity contribution >= 4 is 0 Å². The van der Waals surface area contributed by atoms with Crippen LogP contribution in [0.3, 0.4) is 0 Å². The summed E-state index contributed by atoms with van der Waals surface area (Å²) in [4.78, 5) is 0. The van der Waals surface area contributed by atoms with Crippen LogP contribution in [0.1, 0.15) is 354 Å². The summed E-state index contributed by atoms with van der Waals surface area (Å²) in [7, 11) is 0. The minimum atomic E-state index is 0. The van der Waals surface area contributed by atoms with Crippen LogP contribution in [0.15, 0.2) is 0 Å². The zero-order valence-electron chi connectivity index (χ0n) is 48.1. The van der Waals surface area contributed by atoms with Gasteiger partial charge in [0.15, 0.2) is 0 Å². The molecule has 0 amide bonds. The summed E-state index contributed by atoms with van der Waals surface area (Å²) in [5.74, 6) is 0. The Balaban J connectivity index is -0.000000419. The summed E-state index contributed by atoms with van der Waals surface area (Å²) >= 11 is 0. The van der Waals surface area contributed by atoms with Crippen LogP contribution in [0.25, 0.3) is 0 Å². The Morgan fingerprint density at radius 2 is 0.281 bits per heavy atom. The number of hydrogen-bond donors (Lipinski definition) is 0. The van der Waals surface area contributed by atoms with Crippen molar-refractivity contribution in [1.82, 2.24) is 0 Å². The molecule has 0 saturated heterocycles. The van der Waals surface area contributed by atoms with Crippen molar-refractivity contribution in [2.75, 3.05) is 0 Å². The molecule has 0 atom stereocenters. The van der Waals surface area contributed by atoms with Gasteiger partial charge in [-0.2, -0.15) is 19.3 Å². The maximum atomic E-state index is 4.20. The van der Waals surface area contributed by atoms with Gasteiger partial charge in [-0.1, -0.05) is 219 Å². The smallest absolute Gasteiger partial charge is 0.343 e. The second-order valence-corrected chi connectivity index (χ2v) is 22.6. The fraction of sp³-hybridized carbons (Fsp3) is 0.952. The average Bonchev–Trinajstić information content (AvgIpc) is 3.20. The third kappa shape index (κ3) is 28.9. The van der Waals surface area contributed by atoms with Gasteiger partial charge in [0, 0.05) is 0 Å². The van der Waals surface area contributed by atoms with Crippen LogP contribution in [0.2, 0.25) is 0 Å². The topological polar surface area (TPSA) is 0 Å². The van der Waals surface area contributed by atoms with E-state index >= 15 is 0 Å². The standard InChI is InChI=1S/3C21H43.Cr/c3*1-7-13-20(14-8-2,15-9-3)19-21(16-10-4,17-11-5)18-12-6;/h3*1,7-19H2,2-6H3;/q3*-1;+3. The minimum Gasteiger partial charge on any atom is -0.343 e. The van der Waals surface area contributed by atoms with Crippen molar-refractivity contribution in [2.45, 2.75) is 354 Å². The monoisotopic (exact) mass is 938 g/mol. The van der Waals surface area contributed by atoms with Crippen molar-refractivity contribution in [3.8, 4) is 0 Å². The van der Waals surface area contributed by atoms with Gasteiger partial charge in [-0.05, 0) is 148 Å². The van der Waals surface area contributed by atoms with Crippen LogP contribution in [-0.4, -0.2) is 0 Å². The number of hydrogen-bond acceptors (Lipinski definition) is 0. The second kappa shape index (κ2) is 43.5. The Morgan fingerprint density at radius 1 is 0.188 bits per heavy atom. The largest absolute Gasteiger partial charge is 3.00 e. The molecule has 387 valence electrons. The molecule has 0 heterocycles. The molecule has 0 aromatic heterocycles.